The van der Waals surface area contributed by atoms with E-state index in [0.717, 1.165) is 33.0 Å². The van der Waals surface area contributed by atoms with Gasteiger partial charge in [0.2, 0.25) is 0 Å². The Hall–Kier alpha value is -3.55. The van der Waals surface area contributed by atoms with Crippen molar-refractivity contribution in [1.29, 1.82) is 0 Å². The molecular weight excluding hydrogens is 351 g/mol. The van der Waals surface area contributed by atoms with Gasteiger partial charge in [-0.2, -0.15) is 0 Å². The third kappa shape index (κ3) is 4.06. The molecule has 4 heteroatoms. The van der Waals surface area contributed by atoms with Crippen molar-refractivity contribution in [3.63, 3.8) is 0 Å². The van der Waals surface area contributed by atoms with Gasteiger partial charge in [-0.3, -0.25) is 0 Å². The summed E-state index contributed by atoms with van der Waals surface area (Å²) in [7, 11) is 1.64. The zero-order valence-electron chi connectivity index (χ0n) is 15.3. The molecule has 3 aromatic carbocycles. The van der Waals surface area contributed by atoms with E-state index >= 15 is 0 Å². The summed E-state index contributed by atoms with van der Waals surface area (Å²) in [6.45, 7) is 0.499. The van der Waals surface area contributed by atoms with Crippen molar-refractivity contribution >= 4 is 10.8 Å². The monoisotopic (exact) mass is 368 g/mol. The van der Waals surface area contributed by atoms with Crippen molar-refractivity contribution in [2.75, 3.05) is 7.11 Å². The number of ether oxygens (including phenoxy) is 1. The van der Waals surface area contributed by atoms with Gasteiger partial charge in [-0.25, -0.2) is 14.4 Å². The first kappa shape index (κ1) is 17.8. The molecule has 28 heavy (non-hydrogen) atoms. The number of nitrogens with zero attached hydrogens (tertiary/aromatic N) is 2. The second kappa shape index (κ2) is 7.99. The maximum atomic E-state index is 13.3. The fraction of sp³-hybridized carbons (Fsp3) is 0.0833. The van der Waals surface area contributed by atoms with Gasteiger partial charge in [-0.1, -0.05) is 24.0 Å². The quantitative estimate of drug-likeness (QED) is 0.478. The summed E-state index contributed by atoms with van der Waals surface area (Å²) < 4.78 is 18.3. The highest BCUT2D eigenvalue weighted by Gasteiger charge is 2.02. The summed E-state index contributed by atoms with van der Waals surface area (Å²) >= 11 is 0. The molecule has 0 fully saturated rings. The van der Waals surface area contributed by atoms with Crippen LogP contribution < -0.4 is 0 Å². The molecule has 0 N–H and O–H groups in total. The lowest BCUT2D eigenvalue weighted by atomic mass is 10.1. The summed E-state index contributed by atoms with van der Waals surface area (Å²) in [5, 5.41) is 1.84. The molecule has 4 rings (SSSR count). The van der Waals surface area contributed by atoms with E-state index < -0.39 is 0 Å². The van der Waals surface area contributed by atoms with Crippen LogP contribution in [0.1, 0.15) is 16.7 Å². The average Bonchev–Trinajstić information content (AvgIpc) is 2.73. The van der Waals surface area contributed by atoms with E-state index in [1.165, 1.54) is 12.1 Å². The van der Waals surface area contributed by atoms with Crippen LogP contribution in [-0.4, -0.2) is 17.1 Å². The van der Waals surface area contributed by atoms with Crippen molar-refractivity contribution in [2.45, 2.75) is 6.61 Å². The lowest BCUT2D eigenvalue weighted by Gasteiger charge is -2.02. The molecular formula is C24H17FN2O. The SMILES string of the molecule is COCc1cnc(-c2ccc(C#Cc3ccc4cc(F)ccc4c3)cc2)nc1. The third-order valence-corrected chi connectivity index (χ3v) is 4.31. The van der Waals surface area contributed by atoms with Gasteiger partial charge in [-0.15, -0.1) is 0 Å². The van der Waals surface area contributed by atoms with E-state index in [2.05, 4.69) is 21.8 Å². The first-order chi connectivity index (χ1) is 13.7. The number of fused-ring (bicyclic) bond motifs is 1. The molecule has 0 aliphatic heterocycles. The predicted octanol–water partition coefficient (Wildman–Crippen LogP) is 4.98. The van der Waals surface area contributed by atoms with Crippen molar-refractivity contribution in [2.24, 2.45) is 0 Å². The maximum Gasteiger partial charge on any atom is 0.159 e. The molecule has 0 saturated heterocycles. The molecule has 1 aromatic heterocycles. The molecule has 0 saturated carbocycles. The van der Waals surface area contributed by atoms with Gasteiger partial charge in [0.1, 0.15) is 5.82 Å². The molecule has 0 bridgehead atoms. The summed E-state index contributed by atoms with van der Waals surface area (Å²) in [4.78, 5) is 8.74. The first-order valence-corrected chi connectivity index (χ1v) is 8.83. The zero-order chi connectivity index (χ0) is 19.3. The van der Waals surface area contributed by atoms with Crippen molar-refractivity contribution < 1.29 is 9.13 Å². The molecule has 136 valence electrons. The van der Waals surface area contributed by atoms with Crippen molar-refractivity contribution in [1.82, 2.24) is 9.97 Å². The Balaban J connectivity index is 1.53. The Kier molecular flexibility index (Phi) is 5.09. The van der Waals surface area contributed by atoms with Crippen LogP contribution in [0.15, 0.2) is 73.1 Å². The molecule has 0 unspecified atom stereocenters. The summed E-state index contributed by atoms with van der Waals surface area (Å²) in [6, 6.07) is 18.3. The Morgan fingerprint density at radius 1 is 0.821 bits per heavy atom. The van der Waals surface area contributed by atoms with Gasteiger partial charge in [0.25, 0.3) is 0 Å². The fourth-order valence-corrected chi connectivity index (χ4v) is 2.89. The topological polar surface area (TPSA) is 35.0 Å². The van der Waals surface area contributed by atoms with E-state index in [9.17, 15) is 4.39 Å². The van der Waals surface area contributed by atoms with E-state index in [4.69, 9.17) is 4.74 Å². The maximum absolute atomic E-state index is 13.3. The van der Waals surface area contributed by atoms with E-state index in [0.29, 0.717) is 12.4 Å². The highest BCUT2D eigenvalue weighted by Crippen LogP contribution is 2.18. The second-order valence-electron chi connectivity index (χ2n) is 6.38. The van der Waals surface area contributed by atoms with Gasteiger partial charge in [0.15, 0.2) is 5.82 Å². The molecule has 0 aliphatic rings. The lowest BCUT2D eigenvalue weighted by molar-refractivity contribution is 0.184. The van der Waals surface area contributed by atoms with Crippen LogP contribution in [0.5, 0.6) is 0 Å². The minimum absolute atomic E-state index is 0.233. The van der Waals surface area contributed by atoms with Crippen LogP contribution in [-0.2, 0) is 11.3 Å². The largest absolute Gasteiger partial charge is 0.380 e. The van der Waals surface area contributed by atoms with Crippen LogP contribution in [0.25, 0.3) is 22.2 Å². The highest BCUT2D eigenvalue weighted by molar-refractivity contribution is 5.84. The number of hydrogen-bond acceptors (Lipinski definition) is 3. The molecule has 0 spiro atoms. The number of methoxy groups -OCH3 is 1. The molecule has 3 nitrogen and oxygen atoms in total. The zero-order valence-corrected chi connectivity index (χ0v) is 15.3. The number of rotatable bonds is 3. The number of benzene rings is 3. The normalized spacial score (nSPS) is 10.5. The molecule has 4 aromatic rings. The van der Waals surface area contributed by atoms with E-state index in [-0.39, 0.29) is 5.82 Å². The Morgan fingerprint density at radius 3 is 2.21 bits per heavy atom. The van der Waals surface area contributed by atoms with Crippen LogP contribution in [0, 0.1) is 17.7 Å². The van der Waals surface area contributed by atoms with Gasteiger partial charge in [-0.05, 0) is 59.3 Å². The Bertz CT molecular complexity index is 1170. The molecule has 0 amide bonds. The second-order valence-corrected chi connectivity index (χ2v) is 6.38. The Labute approximate surface area is 162 Å². The minimum atomic E-state index is -0.233. The number of aromatic nitrogens is 2. The van der Waals surface area contributed by atoms with Gasteiger partial charge < -0.3 is 4.74 Å². The Morgan fingerprint density at radius 2 is 1.46 bits per heavy atom. The van der Waals surface area contributed by atoms with Crippen molar-refractivity contribution in [3.05, 3.63) is 95.6 Å². The van der Waals surface area contributed by atoms with Crippen molar-refractivity contribution in [3.8, 4) is 23.2 Å². The van der Waals surface area contributed by atoms with Gasteiger partial charge >= 0.3 is 0 Å². The van der Waals surface area contributed by atoms with Crippen LogP contribution in [0.2, 0.25) is 0 Å². The molecule has 0 radical (unpaired) electrons. The minimum Gasteiger partial charge on any atom is -0.380 e. The number of hydrogen-bond donors (Lipinski definition) is 0. The van der Waals surface area contributed by atoms with Crippen LogP contribution in [0.3, 0.4) is 0 Å². The van der Waals surface area contributed by atoms with Crippen LogP contribution >= 0.6 is 0 Å². The van der Waals surface area contributed by atoms with Gasteiger partial charge in [0.05, 0.1) is 6.61 Å². The molecule has 1 heterocycles. The first-order valence-electron chi connectivity index (χ1n) is 8.83. The fourth-order valence-electron chi connectivity index (χ4n) is 2.89. The smallest absolute Gasteiger partial charge is 0.159 e. The predicted molar refractivity (Wildman–Crippen MR) is 108 cm³/mol. The van der Waals surface area contributed by atoms with Gasteiger partial charge in [0, 0.05) is 41.8 Å². The summed E-state index contributed by atoms with van der Waals surface area (Å²) in [5.74, 6) is 6.75. The average molecular weight is 368 g/mol. The third-order valence-electron chi connectivity index (χ3n) is 4.31. The van der Waals surface area contributed by atoms with E-state index in [1.807, 2.05) is 42.5 Å². The number of halogens is 1. The van der Waals surface area contributed by atoms with Crippen LogP contribution in [0.4, 0.5) is 4.39 Å². The van der Waals surface area contributed by atoms with E-state index in [1.54, 1.807) is 25.6 Å². The molecule has 0 aliphatic carbocycles. The highest BCUT2D eigenvalue weighted by atomic mass is 19.1. The summed E-state index contributed by atoms with van der Waals surface area (Å²) in [6.07, 6.45) is 3.54. The standard InChI is InChI=1S/C24H17FN2O/c1-28-16-19-14-26-24(27-15-19)20-7-4-17(5-8-20)2-3-18-6-9-22-13-23(25)11-10-21(22)12-18/h4-15H,16H2,1H3. The molecule has 0 atom stereocenters. The summed E-state index contributed by atoms with van der Waals surface area (Å²) in [5.41, 5.74) is 3.66. The lowest BCUT2D eigenvalue weighted by Crippen LogP contribution is -1.93.